The molecular weight excluding hydrogens is 435 g/mol. The number of piperazine rings is 1. The van der Waals surface area contributed by atoms with E-state index in [2.05, 4.69) is 59.5 Å². The first-order valence-corrected chi connectivity index (χ1v) is 10.5. The summed E-state index contributed by atoms with van der Waals surface area (Å²) in [6, 6.07) is 13.3. The first-order valence-electron chi connectivity index (χ1n) is 7.96. The molecule has 0 bridgehead atoms. The molecule has 4 nitrogen and oxygen atoms in total. The molecule has 0 saturated carbocycles. The second-order valence-electron chi connectivity index (χ2n) is 6.06. The lowest BCUT2D eigenvalue weighted by atomic mass is 10.1. The topological polar surface area (TPSA) is 40.6 Å². The number of hydrogen-bond donors (Lipinski definition) is 0. The Morgan fingerprint density at radius 1 is 0.917 bits per heavy atom. The Kier molecular flexibility index (Phi) is 5.17. The predicted octanol–water partition coefficient (Wildman–Crippen LogP) is 3.42. The highest BCUT2D eigenvalue weighted by Crippen LogP contribution is 2.25. The molecular formula is C18H21IN2O2S. The Labute approximate surface area is 157 Å². The number of benzene rings is 2. The van der Waals surface area contributed by atoms with Crippen molar-refractivity contribution >= 4 is 38.3 Å². The van der Waals surface area contributed by atoms with Crippen molar-refractivity contribution < 1.29 is 8.42 Å². The molecule has 6 heteroatoms. The number of aryl methyl sites for hydroxylation is 1. The zero-order valence-corrected chi connectivity index (χ0v) is 16.8. The van der Waals surface area contributed by atoms with Crippen LogP contribution in [0.2, 0.25) is 0 Å². The predicted molar refractivity (Wildman–Crippen MR) is 106 cm³/mol. The fourth-order valence-electron chi connectivity index (χ4n) is 3.00. The van der Waals surface area contributed by atoms with Crippen LogP contribution in [0.15, 0.2) is 47.4 Å². The van der Waals surface area contributed by atoms with Gasteiger partial charge in [-0.2, -0.15) is 4.31 Å². The Morgan fingerprint density at radius 2 is 1.54 bits per heavy atom. The van der Waals surface area contributed by atoms with E-state index in [-0.39, 0.29) is 0 Å². The third kappa shape index (κ3) is 3.45. The molecule has 0 unspecified atom stereocenters. The number of nitrogens with zero attached hydrogens (tertiary/aromatic N) is 2. The summed E-state index contributed by atoms with van der Waals surface area (Å²) in [6.07, 6.45) is 0. The lowest BCUT2D eigenvalue weighted by molar-refractivity contribution is 0.384. The van der Waals surface area contributed by atoms with Crippen LogP contribution in [0, 0.1) is 17.4 Å². The average molecular weight is 456 g/mol. The van der Waals surface area contributed by atoms with Crippen molar-refractivity contribution in [1.82, 2.24) is 4.31 Å². The minimum Gasteiger partial charge on any atom is -0.369 e. The highest BCUT2D eigenvalue weighted by Gasteiger charge is 2.28. The molecule has 1 aliphatic rings. The van der Waals surface area contributed by atoms with Gasteiger partial charge in [-0.1, -0.05) is 12.1 Å². The summed E-state index contributed by atoms with van der Waals surface area (Å²) in [5.41, 5.74) is 3.74. The molecule has 1 heterocycles. The molecule has 3 rings (SSSR count). The SMILES string of the molecule is Cc1cccc(N2CCN(S(=O)(=O)c3ccc(I)cc3)CC2)c1C. The molecule has 2 aromatic carbocycles. The molecule has 1 aliphatic heterocycles. The smallest absolute Gasteiger partial charge is 0.243 e. The van der Waals surface area contributed by atoms with Crippen LogP contribution in [0.5, 0.6) is 0 Å². The van der Waals surface area contributed by atoms with E-state index in [4.69, 9.17) is 0 Å². The van der Waals surface area contributed by atoms with Gasteiger partial charge in [-0.05, 0) is 77.9 Å². The average Bonchev–Trinajstić information content (AvgIpc) is 2.58. The van der Waals surface area contributed by atoms with E-state index in [9.17, 15) is 8.42 Å². The van der Waals surface area contributed by atoms with Crippen LogP contribution in [0.3, 0.4) is 0 Å². The molecule has 1 saturated heterocycles. The summed E-state index contributed by atoms with van der Waals surface area (Å²) in [7, 11) is -3.40. The molecule has 2 aromatic rings. The lowest BCUT2D eigenvalue weighted by Crippen LogP contribution is -2.48. The van der Waals surface area contributed by atoms with E-state index < -0.39 is 10.0 Å². The third-order valence-corrected chi connectivity index (χ3v) is 7.24. The van der Waals surface area contributed by atoms with Gasteiger partial charge in [-0.3, -0.25) is 0 Å². The van der Waals surface area contributed by atoms with Gasteiger partial charge >= 0.3 is 0 Å². The van der Waals surface area contributed by atoms with Crippen LogP contribution >= 0.6 is 22.6 Å². The number of sulfonamides is 1. The van der Waals surface area contributed by atoms with Crippen molar-refractivity contribution in [3.63, 3.8) is 0 Å². The van der Waals surface area contributed by atoms with Crippen LogP contribution < -0.4 is 4.90 Å². The second-order valence-corrected chi connectivity index (χ2v) is 9.25. The normalized spacial score (nSPS) is 16.4. The monoisotopic (exact) mass is 456 g/mol. The first kappa shape index (κ1) is 17.7. The zero-order valence-electron chi connectivity index (χ0n) is 13.9. The molecule has 0 amide bonds. The quantitative estimate of drug-likeness (QED) is 0.665. The van der Waals surface area contributed by atoms with E-state index in [0.29, 0.717) is 31.1 Å². The van der Waals surface area contributed by atoms with Gasteiger partial charge in [0, 0.05) is 35.4 Å². The maximum atomic E-state index is 12.8. The van der Waals surface area contributed by atoms with Crippen molar-refractivity contribution in [2.24, 2.45) is 0 Å². The molecule has 128 valence electrons. The van der Waals surface area contributed by atoms with E-state index in [1.807, 2.05) is 12.1 Å². The molecule has 0 aromatic heterocycles. The molecule has 24 heavy (non-hydrogen) atoms. The van der Waals surface area contributed by atoms with Crippen LogP contribution in [0.25, 0.3) is 0 Å². The number of anilines is 1. The van der Waals surface area contributed by atoms with Crippen molar-refractivity contribution in [2.45, 2.75) is 18.7 Å². The highest BCUT2D eigenvalue weighted by atomic mass is 127. The van der Waals surface area contributed by atoms with E-state index in [1.54, 1.807) is 16.4 Å². The fourth-order valence-corrected chi connectivity index (χ4v) is 4.78. The molecule has 0 atom stereocenters. The molecule has 0 radical (unpaired) electrons. The van der Waals surface area contributed by atoms with Gasteiger partial charge in [0.1, 0.15) is 0 Å². The van der Waals surface area contributed by atoms with Crippen LogP contribution in [0.1, 0.15) is 11.1 Å². The van der Waals surface area contributed by atoms with Crippen molar-refractivity contribution in [3.8, 4) is 0 Å². The number of hydrogen-bond acceptors (Lipinski definition) is 3. The Bertz CT molecular complexity index is 827. The van der Waals surface area contributed by atoms with Gasteiger partial charge in [0.05, 0.1) is 4.90 Å². The molecule has 1 fully saturated rings. The van der Waals surface area contributed by atoms with E-state index in [0.717, 1.165) is 3.57 Å². The standard InChI is InChI=1S/C18H21IN2O2S/c1-14-4-3-5-18(15(14)2)20-10-12-21(13-11-20)24(22,23)17-8-6-16(19)7-9-17/h3-9H,10-13H2,1-2H3. The number of halogens is 1. The largest absolute Gasteiger partial charge is 0.369 e. The molecule has 0 spiro atoms. The molecule has 0 N–H and O–H groups in total. The summed E-state index contributed by atoms with van der Waals surface area (Å²) in [5, 5.41) is 0. The zero-order chi connectivity index (χ0) is 17.3. The van der Waals surface area contributed by atoms with Crippen LogP contribution in [-0.4, -0.2) is 38.9 Å². The van der Waals surface area contributed by atoms with Crippen molar-refractivity contribution in [3.05, 3.63) is 57.2 Å². The van der Waals surface area contributed by atoms with Gasteiger partial charge in [-0.15, -0.1) is 0 Å². The Balaban J connectivity index is 1.75. The van der Waals surface area contributed by atoms with Crippen LogP contribution in [-0.2, 0) is 10.0 Å². The first-order chi connectivity index (χ1) is 11.4. The summed E-state index contributed by atoms with van der Waals surface area (Å²) in [4.78, 5) is 2.66. The van der Waals surface area contributed by atoms with Crippen molar-refractivity contribution in [2.75, 3.05) is 31.1 Å². The van der Waals surface area contributed by atoms with Crippen LogP contribution in [0.4, 0.5) is 5.69 Å². The second kappa shape index (κ2) is 7.01. The highest BCUT2D eigenvalue weighted by molar-refractivity contribution is 14.1. The molecule has 0 aliphatic carbocycles. The Morgan fingerprint density at radius 3 is 2.17 bits per heavy atom. The summed E-state index contributed by atoms with van der Waals surface area (Å²) < 4.78 is 28.2. The number of rotatable bonds is 3. The Hall–Kier alpha value is -1.12. The van der Waals surface area contributed by atoms with E-state index in [1.165, 1.54) is 16.8 Å². The van der Waals surface area contributed by atoms with Crippen molar-refractivity contribution in [1.29, 1.82) is 0 Å². The maximum absolute atomic E-state index is 12.8. The van der Waals surface area contributed by atoms with Gasteiger partial charge in [0.2, 0.25) is 10.0 Å². The lowest BCUT2D eigenvalue weighted by Gasteiger charge is -2.36. The summed E-state index contributed by atoms with van der Waals surface area (Å²) in [6.45, 7) is 6.70. The minimum absolute atomic E-state index is 0.378. The van der Waals surface area contributed by atoms with Gasteiger partial charge in [0.25, 0.3) is 0 Å². The third-order valence-electron chi connectivity index (χ3n) is 4.61. The van der Waals surface area contributed by atoms with E-state index >= 15 is 0 Å². The summed E-state index contributed by atoms with van der Waals surface area (Å²) in [5.74, 6) is 0. The van der Waals surface area contributed by atoms with Gasteiger partial charge < -0.3 is 4.90 Å². The minimum atomic E-state index is -3.40. The summed E-state index contributed by atoms with van der Waals surface area (Å²) >= 11 is 2.18. The fraction of sp³-hybridized carbons (Fsp3) is 0.333. The van der Waals surface area contributed by atoms with Gasteiger partial charge in [0.15, 0.2) is 0 Å². The maximum Gasteiger partial charge on any atom is 0.243 e. The van der Waals surface area contributed by atoms with Gasteiger partial charge in [-0.25, -0.2) is 8.42 Å².